The highest BCUT2D eigenvalue weighted by molar-refractivity contribution is 7.26. The molecule has 1 aromatic carbocycles. The van der Waals surface area contributed by atoms with Crippen molar-refractivity contribution >= 4 is 51.2 Å². The topological polar surface area (TPSA) is 59.2 Å². The number of para-hydroxylation sites is 1. The van der Waals surface area contributed by atoms with Crippen LogP contribution in [0.25, 0.3) is 20.1 Å². The van der Waals surface area contributed by atoms with Crippen LogP contribution in [0.15, 0.2) is 36.4 Å². The molecular weight excluding hydrogens is 350 g/mol. The van der Waals surface area contributed by atoms with Crippen molar-refractivity contribution in [3.8, 4) is 9.88 Å². The van der Waals surface area contributed by atoms with E-state index in [4.69, 9.17) is 5.73 Å². The van der Waals surface area contributed by atoms with Gasteiger partial charge in [0.1, 0.15) is 5.01 Å². The quantitative estimate of drug-likeness (QED) is 0.761. The number of hydrogen-bond donors (Lipinski definition) is 1. The summed E-state index contributed by atoms with van der Waals surface area (Å²) in [6.45, 7) is 2.40. The summed E-state index contributed by atoms with van der Waals surface area (Å²) in [7, 11) is 1.79. The maximum atomic E-state index is 12.4. The molecule has 1 amide bonds. The van der Waals surface area contributed by atoms with Crippen LogP contribution in [0.3, 0.4) is 0 Å². The molecule has 0 aliphatic heterocycles. The van der Waals surface area contributed by atoms with Gasteiger partial charge in [0.15, 0.2) is 0 Å². The third kappa shape index (κ3) is 3.55. The molecule has 3 rings (SSSR count). The van der Waals surface area contributed by atoms with Crippen LogP contribution in [0.5, 0.6) is 0 Å². The maximum Gasteiger partial charge on any atom is 0.263 e. The Balaban J connectivity index is 0.00000192. The normalized spacial score (nSPS) is 12.0. The van der Waals surface area contributed by atoms with E-state index in [1.54, 1.807) is 23.3 Å². The summed E-state index contributed by atoms with van der Waals surface area (Å²) in [5.41, 5.74) is 6.63. The molecule has 0 spiro atoms. The fraction of sp³-hybridized carbons (Fsp3) is 0.250. The van der Waals surface area contributed by atoms with Gasteiger partial charge in [-0.05, 0) is 31.2 Å². The second-order valence-corrected chi connectivity index (χ2v) is 7.27. The van der Waals surface area contributed by atoms with E-state index in [0.29, 0.717) is 6.54 Å². The van der Waals surface area contributed by atoms with Crippen LogP contribution in [-0.4, -0.2) is 35.4 Å². The molecule has 0 saturated heterocycles. The molecule has 7 heteroatoms. The van der Waals surface area contributed by atoms with Crippen molar-refractivity contribution in [1.29, 1.82) is 0 Å². The molecule has 2 N–H and O–H groups in total. The Morgan fingerprint density at radius 1 is 1.26 bits per heavy atom. The lowest BCUT2D eigenvalue weighted by atomic mass is 10.3. The Hall–Kier alpha value is -1.47. The van der Waals surface area contributed by atoms with E-state index in [2.05, 4.69) is 11.1 Å². The SMILES string of the molecule is CC(CN)N(C)C(=O)c1ccc(-c2nc3ccccc3s2)s1.Cl. The monoisotopic (exact) mass is 367 g/mol. The fourth-order valence-electron chi connectivity index (χ4n) is 2.08. The molecule has 1 atom stereocenters. The minimum Gasteiger partial charge on any atom is -0.337 e. The van der Waals surface area contributed by atoms with Gasteiger partial charge in [-0.25, -0.2) is 4.98 Å². The Morgan fingerprint density at radius 2 is 2.00 bits per heavy atom. The molecule has 0 bridgehead atoms. The predicted octanol–water partition coefficient (Wildman–Crippen LogP) is 3.87. The highest BCUT2D eigenvalue weighted by atomic mass is 35.5. The molecule has 0 saturated carbocycles. The molecule has 122 valence electrons. The van der Waals surface area contributed by atoms with Gasteiger partial charge in [0, 0.05) is 19.6 Å². The largest absolute Gasteiger partial charge is 0.337 e. The molecular formula is C16H18ClN3OS2. The van der Waals surface area contributed by atoms with E-state index in [-0.39, 0.29) is 24.4 Å². The first-order valence-corrected chi connectivity index (χ1v) is 8.66. The minimum absolute atomic E-state index is 0. The number of fused-ring (bicyclic) bond motifs is 1. The Kier molecular flexibility index (Phi) is 5.75. The average molecular weight is 368 g/mol. The zero-order valence-electron chi connectivity index (χ0n) is 12.9. The molecule has 0 radical (unpaired) electrons. The predicted molar refractivity (Wildman–Crippen MR) is 101 cm³/mol. The van der Waals surface area contributed by atoms with Crippen molar-refractivity contribution in [2.45, 2.75) is 13.0 Å². The number of aromatic nitrogens is 1. The minimum atomic E-state index is 0. The third-order valence-electron chi connectivity index (χ3n) is 3.64. The molecule has 0 aliphatic rings. The molecule has 2 aromatic heterocycles. The van der Waals surface area contributed by atoms with Crippen molar-refractivity contribution in [3.63, 3.8) is 0 Å². The summed E-state index contributed by atoms with van der Waals surface area (Å²) in [5.74, 6) is 0.00955. The summed E-state index contributed by atoms with van der Waals surface area (Å²) in [4.78, 5) is 20.5. The number of likely N-dealkylation sites (N-methyl/N-ethyl adjacent to an activating group) is 1. The van der Waals surface area contributed by atoms with Crippen LogP contribution in [-0.2, 0) is 0 Å². The van der Waals surface area contributed by atoms with E-state index in [1.165, 1.54) is 11.3 Å². The Morgan fingerprint density at radius 3 is 2.70 bits per heavy atom. The number of hydrogen-bond acceptors (Lipinski definition) is 5. The number of carbonyl (C=O) groups is 1. The molecule has 0 aliphatic carbocycles. The molecule has 4 nitrogen and oxygen atoms in total. The molecule has 23 heavy (non-hydrogen) atoms. The third-order valence-corrected chi connectivity index (χ3v) is 5.92. The standard InChI is InChI=1S/C16H17N3OS2.ClH/c1-10(9-17)19(2)16(20)14-8-7-13(21-14)15-18-11-5-3-4-6-12(11)22-15;/h3-8,10H,9,17H2,1-2H3;1H. The highest BCUT2D eigenvalue weighted by Gasteiger charge is 2.19. The summed E-state index contributed by atoms with van der Waals surface area (Å²) < 4.78 is 1.16. The molecule has 2 heterocycles. The van der Waals surface area contributed by atoms with Crippen LogP contribution in [0, 0.1) is 0 Å². The number of nitrogens with two attached hydrogens (primary N) is 1. The van der Waals surface area contributed by atoms with Gasteiger partial charge in [-0.1, -0.05) is 12.1 Å². The Bertz CT molecular complexity index is 781. The van der Waals surface area contributed by atoms with Crippen molar-refractivity contribution < 1.29 is 4.79 Å². The van der Waals surface area contributed by atoms with Crippen LogP contribution in [0.1, 0.15) is 16.6 Å². The van der Waals surface area contributed by atoms with Crippen molar-refractivity contribution in [2.24, 2.45) is 5.73 Å². The highest BCUT2D eigenvalue weighted by Crippen LogP contribution is 2.34. The van der Waals surface area contributed by atoms with Gasteiger partial charge >= 0.3 is 0 Å². The zero-order chi connectivity index (χ0) is 15.7. The van der Waals surface area contributed by atoms with Gasteiger partial charge in [0.25, 0.3) is 5.91 Å². The maximum absolute atomic E-state index is 12.4. The van der Waals surface area contributed by atoms with Crippen LogP contribution < -0.4 is 5.73 Å². The zero-order valence-corrected chi connectivity index (χ0v) is 15.3. The second kappa shape index (κ2) is 7.40. The van der Waals surface area contributed by atoms with Gasteiger partial charge in [-0.3, -0.25) is 4.79 Å². The first-order valence-electron chi connectivity index (χ1n) is 7.03. The van der Waals surface area contributed by atoms with E-state index in [1.807, 2.05) is 37.3 Å². The number of benzene rings is 1. The van der Waals surface area contributed by atoms with Crippen molar-refractivity contribution in [2.75, 3.05) is 13.6 Å². The first kappa shape index (κ1) is 17.9. The van der Waals surface area contributed by atoms with Gasteiger partial charge in [-0.15, -0.1) is 35.1 Å². The molecule has 1 unspecified atom stereocenters. The second-order valence-electron chi connectivity index (χ2n) is 5.15. The van der Waals surface area contributed by atoms with Gasteiger partial charge in [0.2, 0.25) is 0 Å². The summed E-state index contributed by atoms with van der Waals surface area (Å²) >= 11 is 3.13. The summed E-state index contributed by atoms with van der Waals surface area (Å²) in [5, 5.41) is 0.958. The van der Waals surface area contributed by atoms with E-state index in [9.17, 15) is 4.79 Å². The Labute approximate surface area is 149 Å². The van der Waals surface area contributed by atoms with E-state index in [0.717, 1.165) is 25.0 Å². The van der Waals surface area contributed by atoms with Gasteiger partial charge in [0.05, 0.1) is 20.0 Å². The number of nitrogens with zero attached hydrogens (tertiary/aromatic N) is 2. The van der Waals surface area contributed by atoms with Crippen molar-refractivity contribution in [1.82, 2.24) is 9.88 Å². The van der Waals surface area contributed by atoms with Crippen LogP contribution >= 0.6 is 35.1 Å². The van der Waals surface area contributed by atoms with Gasteiger partial charge in [-0.2, -0.15) is 0 Å². The number of thiazole rings is 1. The number of amides is 1. The van der Waals surface area contributed by atoms with Gasteiger partial charge < -0.3 is 10.6 Å². The fourth-order valence-corrected chi connectivity index (χ4v) is 4.09. The number of thiophene rings is 1. The van der Waals surface area contributed by atoms with E-state index < -0.39 is 0 Å². The first-order chi connectivity index (χ1) is 10.6. The smallest absolute Gasteiger partial charge is 0.263 e. The lowest BCUT2D eigenvalue weighted by Crippen LogP contribution is -2.39. The van der Waals surface area contributed by atoms with Crippen LogP contribution in [0.4, 0.5) is 0 Å². The van der Waals surface area contributed by atoms with Crippen molar-refractivity contribution in [3.05, 3.63) is 41.3 Å². The van der Waals surface area contributed by atoms with E-state index >= 15 is 0 Å². The lowest BCUT2D eigenvalue weighted by molar-refractivity contribution is 0.0753. The number of carbonyl (C=O) groups excluding carboxylic acids is 1. The number of halogens is 1. The summed E-state index contributed by atoms with van der Waals surface area (Å²) in [6, 6.07) is 11.9. The number of rotatable bonds is 4. The lowest BCUT2D eigenvalue weighted by Gasteiger charge is -2.22. The molecule has 3 aromatic rings. The molecule has 0 fully saturated rings. The van der Waals surface area contributed by atoms with Crippen LogP contribution in [0.2, 0.25) is 0 Å². The average Bonchev–Trinajstić information content (AvgIpc) is 3.18. The summed E-state index contributed by atoms with van der Waals surface area (Å²) in [6.07, 6.45) is 0.